The lowest BCUT2D eigenvalue weighted by Crippen LogP contribution is -2.39. The lowest BCUT2D eigenvalue weighted by atomic mass is 9.78. The van der Waals surface area contributed by atoms with Crippen molar-refractivity contribution in [2.45, 2.75) is 33.1 Å². The van der Waals surface area contributed by atoms with Crippen LogP contribution in [0.1, 0.15) is 33.1 Å². The van der Waals surface area contributed by atoms with Crippen LogP contribution in [0.4, 0.5) is 17.5 Å². The van der Waals surface area contributed by atoms with Gasteiger partial charge in [0.05, 0.1) is 4.92 Å². The summed E-state index contributed by atoms with van der Waals surface area (Å²) in [6, 6.07) is 0. The number of nitrogens with zero attached hydrogens (tertiary/aromatic N) is 4. The van der Waals surface area contributed by atoms with Crippen molar-refractivity contribution in [3.05, 3.63) is 16.3 Å². The fraction of sp³-hybridized carbons (Fsp3) is 0.692. The molecular weight excluding hydrogens is 258 g/mol. The molecule has 7 heteroatoms. The molecule has 1 fully saturated rings. The minimum Gasteiger partial charge on any atom is -0.357 e. The van der Waals surface area contributed by atoms with Gasteiger partial charge in [-0.2, -0.15) is 4.98 Å². The molecule has 0 aliphatic carbocycles. The quantitative estimate of drug-likeness (QED) is 0.673. The predicted octanol–water partition coefficient (Wildman–Crippen LogP) is 2.44. The SMILES string of the molecule is CCC1(C)CCN(c2nc(NC)ncc2[N+](=O)[O-])CC1. The third kappa shape index (κ3) is 2.81. The maximum absolute atomic E-state index is 11.1. The van der Waals surface area contributed by atoms with Gasteiger partial charge in [-0.05, 0) is 18.3 Å². The average molecular weight is 279 g/mol. The Morgan fingerprint density at radius 1 is 1.50 bits per heavy atom. The van der Waals surface area contributed by atoms with E-state index >= 15 is 0 Å². The Hall–Kier alpha value is -1.92. The molecule has 0 amide bonds. The summed E-state index contributed by atoms with van der Waals surface area (Å²) < 4.78 is 0. The highest BCUT2D eigenvalue weighted by atomic mass is 16.6. The molecule has 0 saturated carbocycles. The van der Waals surface area contributed by atoms with E-state index in [9.17, 15) is 10.1 Å². The molecule has 110 valence electrons. The molecule has 0 aromatic carbocycles. The number of rotatable bonds is 4. The summed E-state index contributed by atoms with van der Waals surface area (Å²) in [5.74, 6) is 0.835. The highest BCUT2D eigenvalue weighted by Crippen LogP contribution is 2.37. The maximum atomic E-state index is 11.1. The third-order valence-electron chi connectivity index (χ3n) is 4.29. The molecule has 0 atom stereocenters. The topological polar surface area (TPSA) is 84.2 Å². The number of aromatic nitrogens is 2. The summed E-state index contributed by atoms with van der Waals surface area (Å²) in [6.45, 7) is 6.07. The van der Waals surface area contributed by atoms with Gasteiger partial charge in [0.25, 0.3) is 0 Å². The first kappa shape index (κ1) is 14.5. The Balaban J connectivity index is 2.26. The van der Waals surface area contributed by atoms with Gasteiger partial charge in [0, 0.05) is 20.1 Å². The Morgan fingerprint density at radius 2 is 2.15 bits per heavy atom. The first-order chi connectivity index (χ1) is 9.49. The van der Waals surface area contributed by atoms with E-state index < -0.39 is 4.92 Å². The lowest BCUT2D eigenvalue weighted by Gasteiger charge is -2.39. The molecule has 0 bridgehead atoms. The van der Waals surface area contributed by atoms with Gasteiger partial charge in [0.2, 0.25) is 11.8 Å². The molecule has 1 aromatic heterocycles. The van der Waals surface area contributed by atoms with Gasteiger partial charge in [0.1, 0.15) is 6.20 Å². The average Bonchev–Trinajstić information content (AvgIpc) is 2.47. The van der Waals surface area contributed by atoms with Crippen molar-refractivity contribution in [2.75, 3.05) is 30.4 Å². The molecule has 1 aliphatic heterocycles. The molecule has 0 radical (unpaired) electrons. The highest BCUT2D eigenvalue weighted by Gasteiger charge is 2.32. The summed E-state index contributed by atoms with van der Waals surface area (Å²) in [4.78, 5) is 20.9. The van der Waals surface area contributed by atoms with Gasteiger partial charge in [-0.1, -0.05) is 20.3 Å². The minimum atomic E-state index is -0.414. The summed E-state index contributed by atoms with van der Waals surface area (Å²) in [5, 5.41) is 14.0. The Morgan fingerprint density at radius 3 is 2.65 bits per heavy atom. The van der Waals surface area contributed by atoms with E-state index in [-0.39, 0.29) is 5.69 Å². The van der Waals surface area contributed by atoms with Crippen LogP contribution >= 0.6 is 0 Å². The van der Waals surface area contributed by atoms with E-state index in [0.29, 0.717) is 17.2 Å². The second kappa shape index (κ2) is 5.60. The fourth-order valence-electron chi connectivity index (χ4n) is 2.46. The van der Waals surface area contributed by atoms with Crippen LogP contribution in [0.5, 0.6) is 0 Å². The first-order valence-electron chi connectivity index (χ1n) is 6.93. The van der Waals surface area contributed by atoms with Gasteiger partial charge in [-0.25, -0.2) is 4.98 Å². The van der Waals surface area contributed by atoms with Crippen LogP contribution < -0.4 is 10.2 Å². The Bertz CT molecular complexity index is 498. The molecule has 1 saturated heterocycles. The lowest BCUT2D eigenvalue weighted by molar-refractivity contribution is -0.384. The molecule has 2 rings (SSSR count). The number of anilines is 2. The smallest absolute Gasteiger partial charge is 0.329 e. The van der Waals surface area contributed by atoms with E-state index in [4.69, 9.17) is 0 Å². The second-order valence-electron chi connectivity index (χ2n) is 5.56. The minimum absolute atomic E-state index is 0.0240. The van der Waals surface area contributed by atoms with Crippen LogP contribution in [-0.2, 0) is 0 Å². The van der Waals surface area contributed by atoms with E-state index in [1.54, 1.807) is 7.05 Å². The van der Waals surface area contributed by atoms with Crippen molar-refractivity contribution in [3.8, 4) is 0 Å². The number of piperidine rings is 1. The number of nitrogens with one attached hydrogen (secondary N) is 1. The van der Waals surface area contributed by atoms with Crippen LogP contribution in [0.2, 0.25) is 0 Å². The molecule has 1 aliphatic rings. The van der Waals surface area contributed by atoms with Crippen LogP contribution in [0.15, 0.2) is 6.20 Å². The number of nitro groups is 1. The third-order valence-corrected chi connectivity index (χ3v) is 4.29. The van der Waals surface area contributed by atoms with Gasteiger partial charge < -0.3 is 10.2 Å². The van der Waals surface area contributed by atoms with E-state index in [1.807, 2.05) is 4.90 Å². The van der Waals surface area contributed by atoms with Crippen LogP contribution in [0, 0.1) is 15.5 Å². The van der Waals surface area contributed by atoms with E-state index in [0.717, 1.165) is 32.4 Å². The standard InChI is InChI=1S/C13H21N5O2/c1-4-13(2)5-7-17(8-6-13)11-10(18(19)20)9-15-12(14-3)16-11/h9H,4-8H2,1-3H3,(H,14,15,16). The maximum Gasteiger partial charge on any atom is 0.329 e. The fourth-order valence-corrected chi connectivity index (χ4v) is 2.46. The Labute approximate surface area is 118 Å². The van der Waals surface area contributed by atoms with Crippen molar-refractivity contribution < 1.29 is 4.92 Å². The van der Waals surface area contributed by atoms with Crippen LogP contribution in [-0.4, -0.2) is 35.0 Å². The monoisotopic (exact) mass is 279 g/mol. The van der Waals surface area contributed by atoms with Gasteiger partial charge in [-0.3, -0.25) is 10.1 Å². The zero-order chi connectivity index (χ0) is 14.8. The van der Waals surface area contributed by atoms with Crippen molar-refractivity contribution in [1.29, 1.82) is 0 Å². The number of hydrogen-bond acceptors (Lipinski definition) is 6. The molecule has 1 aromatic rings. The first-order valence-corrected chi connectivity index (χ1v) is 6.93. The molecular formula is C13H21N5O2. The van der Waals surface area contributed by atoms with Crippen LogP contribution in [0.25, 0.3) is 0 Å². The molecule has 1 N–H and O–H groups in total. The summed E-state index contributed by atoms with van der Waals surface area (Å²) in [7, 11) is 1.70. The molecule has 20 heavy (non-hydrogen) atoms. The summed E-state index contributed by atoms with van der Waals surface area (Å²) in [6.07, 6.45) is 4.47. The zero-order valence-corrected chi connectivity index (χ0v) is 12.2. The summed E-state index contributed by atoms with van der Waals surface area (Å²) in [5.41, 5.74) is 0.313. The molecule has 0 spiro atoms. The van der Waals surface area contributed by atoms with Crippen molar-refractivity contribution >= 4 is 17.5 Å². The summed E-state index contributed by atoms with van der Waals surface area (Å²) >= 11 is 0. The van der Waals surface area contributed by atoms with Gasteiger partial charge in [0.15, 0.2) is 0 Å². The normalized spacial score (nSPS) is 17.9. The van der Waals surface area contributed by atoms with Crippen molar-refractivity contribution in [1.82, 2.24) is 9.97 Å². The predicted molar refractivity (Wildman–Crippen MR) is 78.1 cm³/mol. The van der Waals surface area contributed by atoms with E-state index in [1.165, 1.54) is 6.20 Å². The molecule has 2 heterocycles. The van der Waals surface area contributed by atoms with Crippen molar-refractivity contribution in [3.63, 3.8) is 0 Å². The molecule has 0 unspecified atom stereocenters. The van der Waals surface area contributed by atoms with Crippen molar-refractivity contribution in [2.24, 2.45) is 5.41 Å². The van der Waals surface area contributed by atoms with Crippen LogP contribution in [0.3, 0.4) is 0 Å². The zero-order valence-electron chi connectivity index (χ0n) is 12.2. The number of hydrogen-bond donors (Lipinski definition) is 1. The highest BCUT2D eigenvalue weighted by molar-refractivity contribution is 5.59. The van der Waals surface area contributed by atoms with E-state index in [2.05, 4.69) is 29.1 Å². The largest absolute Gasteiger partial charge is 0.357 e. The Kier molecular flexibility index (Phi) is 4.06. The van der Waals surface area contributed by atoms with Gasteiger partial charge >= 0.3 is 5.69 Å². The molecule has 7 nitrogen and oxygen atoms in total. The van der Waals surface area contributed by atoms with Gasteiger partial charge in [-0.15, -0.1) is 0 Å². The second-order valence-corrected chi connectivity index (χ2v) is 5.56.